The first-order chi connectivity index (χ1) is 9.49. The lowest BCUT2D eigenvalue weighted by atomic mass is 10.2. The number of aliphatic hydroxyl groups excluding tert-OH is 1. The fourth-order valence-corrected chi connectivity index (χ4v) is 1.23. The number of allylic oxidation sites excluding steroid dienone is 2. The van der Waals surface area contributed by atoms with E-state index >= 15 is 0 Å². The first-order valence-corrected chi connectivity index (χ1v) is 8.00. The Balaban J connectivity index is -0.000000230. The van der Waals surface area contributed by atoms with Crippen LogP contribution in [0.2, 0.25) is 0 Å². The van der Waals surface area contributed by atoms with Gasteiger partial charge in [-0.1, -0.05) is 59.1 Å². The monoisotopic (exact) mass is 288 g/mol. The Morgan fingerprint density at radius 3 is 1.80 bits per heavy atom. The zero-order valence-electron chi connectivity index (χ0n) is 14.2. The predicted molar refractivity (Wildman–Crippen MR) is 88.1 cm³/mol. The maximum atomic E-state index is 9.96. The highest BCUT2D eigenvalue weighted by Crippen LogP contribution is 2.01. The minimum atomic E-state index is -0.675. The molecule has 3 nitrogen and oxygen atoms in total. The molecule has 3 heteroatoms. The van der Waals surface area contributed by atoms with Crippen LogP contribution in [0.4, 0.5) is 0 Å². The van der Waals surface area contributed by atoms with E-state index in [4.69, 9.17) is 10.2 Å². The quantitative estimate of drug-likeness (QED) is 0.478. The number of unbranched alkanes of at least 4 members (excludes halogenated alkanes) is 3. The lowest BCUT2D eigenvalue weighted by Crippen LogP contribution is -1.99. The average molecular weight is 288 g/mol. The summed E-state index contributed by atoms with van der Waals surface area (Å²) in [6.45, 7) is 10.2. The van der Waals surface area contributed by atoms with Crippen molar-refractivity contribution in [2.24, 2.45) is 0 Å². The van der Waals surface area contributed by atoms with Crippen molar-refractivity contribution in [3.63, 3.8) is 0 Å². The molecule has 0 aliphatic rings. The maximum Gasteiger partial charge on any atom is 0.303 e. The third kappa shape index (κ3) is 36.0. The number of hydrogen-bond donors (Lipinski definition) is 2. The van der Waals surface area contributed by atoms with Crippen molar-refractivity contribution >= 4 is 5.97 Å². The van der Waals surface area contributed by atoms with Gasteiger partial charge in [0.05, 0.1) is 6.10 Å². The summed E-state index contributed by atoms with van der Waals surface area (Å²) in [5.74, 6) is -0.675. The summed E-state index contributed by atoms with van der Waals surface area (Å²) in [5.41, 5.74) is 0. The molecule has 122 valence electrons. The molecule has 20 heavy (non-hydrogen) atoms. The van der Waals surface area contributed by atoms with Crippen molar-refractivity contribution in [3.8, 4) is 0 Å². The number of carboxylic acid groups (broad SMARTS) is 1. The highest BCUT2D eigenvalue weighted by molar-refractivity contribution is 5.66. The fourth-order valence-electron chi connectivity index (χ4n) is 1.23. The van der Waals surface area contributed by atoms with E-state index in [2.05, 4.69) is 26.0 Å². The van der Waals surface area contributed by atoms with Gasteiger partial charge >= 0.3 is 5.97 Å². The molecule has 0 fully saturated rings. The van der Waals surface area contributed by atoms with Gasteiger partial charge in [0.15, 0.2) is 0 Å². The minimum absolute atomic E-state index is 0.0648. The molecule has 0 rings (SSSR count). The molecule has 0 aromatic rings. The number of rotatable bonds is 8. The molecule has 0 saturated carbocycles. The SMILES string of the molecule is C/C=C/CC.CCC(O)CC.CCCCCCC(=O)O. The number of aliphatic hydroxyl groups is 1. The highest BCUT2D eigenvalue weighted by Gasteiger charge is 1.94. The molecule has 2 N–H and O–H groups in total. The Morgan fingerprint density at radius 2 is 1.60 bits per heavy atom. The van der Waals surface area contributed by atoms with Gasteiger partial charge in [-0.05, 0) is 32.6 Å². The van der Waals surface area contributed by atoms with Crippen LogP contribution < -0.4 is 0 Å². The van der Waals surface area contributed by atoms with Gasteiger partial charge in [-0.25, -0.2) is 0 Å². The van der Waals surface area contributed by atoms with Crippen LogP contribution in [-0.4, -0.2) is 22.3 Å². The Morgan fingerprint density at radius 1 is 1.05 bits per heavy atom. The Labute approximate surface area is 126 Å². The second kappa shape index (κ2) is 23.3. The molecule has 0 bridgehead atoms. The number of aliphatic carboxylic acids is 1. The molecule has 0 aromatic carbocycles. The Bertz CT molecular complexity index is 196. The first kappa shape index (κ1) is 24.2. The first-order valence-electron chi connectivity index (χ1n) is 8.00. The van der Waals surface area contributed by atoms with Crippen LogP contribution in [0.15, 0.2) is 12.2 Å². The summed E-state index contributed by atoms with van der Waals surface area (Å²) in [6.07, 6.45) is 11.6. The van der Waals surface area contributed by atoms with E-state index < -0.39 is 5.97 Å². The van der Waals surface area contributed by atoms with Crippen molar-refractivity contribution in [1.29, 1.82) is 0 Å². The molecule has 0 atom stereocenters. The number of carbonyl (C=O) groups is 1. The van der Waals surface area contributed by atoms with E-state index in [0.29, 0.717) is 6.42 Å². The molecule has 0 unspecified atom stereocenters. The van der Waals surface area contributed by atoms with E-state index in [0.717, 1.165) is 38.5 Å². The number of hydrogen-bond acceptors (Lipinski definition) is 2. The van der Waals surface area contributed by atoms with E-state index in [1.807, 2.05) is 20.8 Å². The van der Waals surface area contributed by atoms with Crippen LogP contribution in [-0.2, 0) is 4.79 Å². The van der Waals surface area contributed by atoms with E-state index in [9.17, 15) is 4.79 Å². The van der Waals surface area contributed by atoms with Crippen molar-refractivity contribution in [1.82, 2.24) is 0 Å². The second-order valence-electron chi connectivity index (χ2n) is 4.65. The number of carboxylic acids is 1. The van der Waals surface area contributed by atoms with Gasteiger partial charge in [0, 0.05) is 6.42 Å². The van der Waals surface area contributed by atoms with Gasteiger partial charge in [0.2, 0.25) is 0 Å². The van der Waals surface area contributed by atoms with Crippen LogP contribution in [0.1, 0.15) is 86.0 Å². The van der Waals surface area contributed by atoms with Crippen LogP contribution >= 0.6 is 0 Å². The molecule has 0 aliphatic carbocycles. The zero-order valence-corrected chi connectivity index (χ0v) is 14.2. The van der Waals surface area contributed by atoms with E-state index in [-0.39, 0.29) is 6.10 Å². The van der Waals surface area contributed by atoms with Gasteiger partial charge in [-0.3, -0.25) is 4.79 Å². The van der Waals surface area contributed by atoms with Crippen molar-refractivity contribution in [3.05, 3.63) is 12.2 Å². The van der Waals surface area contributed by atoms with Gasteiger partial charge < -0.3 is 10.2 Å². The summed E-state index contributed by atoms with van der Waals surface area (Å²) < 4.78 is 0. The standard InChI is InChI=1S/C7H14O2.C5H12O.C5H10/c1-2-3-4-5-6-7(8)9;1-3-5(6)4-2;1-3-5-4-2/h2-6H2,1H3,(H,8,9);5-6H,3-4H2,1-2H3;3,5H,4H2,1-2H3/b;;5-3+. The van der Waals surface area contributed by atoms with Crippen molar-refractivity contribution < 1.29 is 15.0 Å². The van der Waals surface area contributed by atoms with Crippen LogP contribution in [0.3, 0.4) is 0 Å². The minimum Gasteiger partial charge on any atom is -0.481 e. The fraction of sp³-hybridized carbons (Fsp3) is 0.824. The lowest BCUT2D eigenvalue weighted by molar-refractivity contribution is -0.137. The molecule has 0 heterocycles. The molecule has 0 saturated heterocycles. The summed E-state index contributed by atoms with van der Waals surface area (Å²) in [4.78, 5) is 9.96. The smallest absolute Gasteiger partial charge is 0.303 e. The second-order valence-corrected chi connectivity index (χ2v) is 4.65. The Hall–Kier alpha value is -0.830. The third-order valence-electron chi connectivity index (χ3n) is 2.66. The van der Waals surface area contributed by atoms with Gasteiger partial charge in [-0.2, -0.15) is 0 Å². The Kier molecular flexibility index (Phi) is 28.2. The molecule has 0 spiro atoms. The maximum absolute atomic E-state index is 9.96. The van der Waals surface area contributed by atoms with Crippen LogP contribution in [0.25, 0.3) is 0 Å². The normalized spacial score (nSPS) is 9.75. The lowest BCUT2D eigenvalue weighted by Gasteiger charge is -1.98. The summed E-state index contributed by atoms with van der Waals surface area (Å²) in [6, 6.07) is 0. The zero-order chi connectivity index (χ0) is 16.2. The summed E-state index contributed by atoms with van der Waals surface area (Å²) >= 11 is 0. The predicted octanol–water partition coefficient (Wildman–Crippen LogP) is 5.18. The molecular formula is C17H36O3. The highest BCUT2D eigenvalue weighted by atomic mass is 16.4. The van der Waals surface area contributed by atoms with Gasteiger partial charge in [0.25, 0.3) is 0 Å². The largest absolute Gasteiger partial charge is 0.481 e. The van der Waals surface area contributed by atoms with Gasteiger partial charge in [0.1, 0.15) is 0 Å². The molecule has 0 amide bonds. The topological polar surface area (TPSA) is 57.5 Å². The average Bonchev–Trinajstić information content (AvgIpc) is 2.45. The van der Waals surface area contributed by atoms with Crippen LogP contribution in [0.5, 0.6) is 0 Å². The molecule has 0 aromatic heterocycles. The third-order valence-corrected chi connectivity index (χ3v) is 2.66. The van der Waals surface area contributed by atoms with E-state index in [1.165, 1.54) is 6.42 Å². The molecule has 0 radical (unpaired) electrons. The van der Waals surface area contributed by atoms with Crippen molar-refractivity contribution in [2.45, 2.75) is 92.1 Å². The van der Waals surface area contributed by atoms with E-state index in [1.54, 1.807) is 0 Å². The van der Waals surface area contributed by atoms with Crippen molar-refractivity contribution in [2.75, 3.05) is 0 Å². The summed E-state index contributed by atoms with van der Waals surface area (Å²) in [7, 11) is 0. The summed E-state index contributed by atoms with van der Waals surface area (Å²) in [5, 5.41) is 16.9. The van der Waals surface area contributed by atoms with Crippen LogP contribution in [0, 0.1) is 0 Å². The molecular weight excluding hydrogens is 252 g/mol. The van der Waals surface area contributed by atoms with Gasteiger partial charge in [-0.15, -0.1) is 0 Å². The molecule has 0 aliphatic heterocycles.